The van der Waals surface area contributed by atoms with E-state index in [1.807, 2.05) is 35.0 Å². The molecule has 2 atom stereocenters. The smallest absolute Gasteiger partial charge is 0.268 e. The number of aromatic nitrogens is 4. The van der Waals surface area contributed by atoms with Crippen LogP contribution >= 0.6 is 0 Å². The molecule has 0 spiro atoms. The van der Waals surface area contributed by atoms with Crippen molar-refractivity contribution < 1.29 is 9.21 Å². The third-order valence-corrected chi connectivity index (χ3v) is 6.22. The highest BCUT2D eigenvalue weighted by Crippen LogP contribution is 2.38. The molecule has 7 heteroatoms. The summed E-state index contributed by atoms with van der Waals surface area (Å²) in [5.41, 5.74) is 3.42. The van der Waals surface area contributed by atoms with Crippen LogP contribution in [0.5, 0.6) is 0 Å². The van der Waals surface area contributed by atoms with Gasteiger partial charge in [-0.2, -0.15) is 5.10 Å². The molecule has 2 aromatic heterocycles. The van der Waals surface area contributed by atoms with Gasteiger partial charge in [0.1, 0.15) is 5.69 Å². The van der Waals surface area contributed by atoms with Crippen LogP contribution in [0, 0.1) is 24.2 Å². The summed E-state index contributed by atoms with van der Waals surface area (Å²) < 4.78 is 7.47. The highest BCUT2D eigenvalue weighted by atomic mass is 16.4. The van der Waals surface area contributed by atoms with E-state index in [9.17, 15) is 4.79 Å². The molecular formula is C26H35N5O2. The Kier molecular flexibility index (Phi) is 6.41. The van der Waals surface area contributed by atoms with Gasteiger partial charge in [-0.3, -0.25) is 4.79 Å². The lowest BCUT2D eigenvalue weighted by molar-refractivity contribution is 0.0874. The fourth-order valence-corrected chi connectivity index (χ4v) is 5.22. The van der Waals surface area contributed by atoms with E-state index in [1.165, 1.54) is 6.42 Å². The van der Waals surface area contributed by atoms with Gasteiger partial charge in [0.2, 0.25) is 5.89 Å². The zero-order chi connectivity index (χ0) is 23.8. The SMILES string of the molecule is Cc1nnc(-c2cc(CC(C)C)n(-c3cccc(C(=O)N[C@H]4C[C@@H](C)CC(C)(C)C4)c3)n2)o1. The highest BCUT2D eigenvalue weighted by Gasteiger charge is 2.32. The van der Waals surface area contributed by atoms with E-state index in [0.717, 1.165) is 30.6 Å². The van der Waals surface area contributed by atoms with Crippen LogP contribution in [0.2, 0.25) is 0 Å². The fraction of sp³-hybridized carbons (Fsp3) is 0.538. The second-order valence-electron chi connectivity index (χ2n) is 10.8. The molecule has 2 heterocycles. The number of nitrogens with zero attached hydrogens (tertiary/aromatic N) is 4. The first-order valence-corrected chi connectivity index (χ1v) is 11.9. The normalized spacial score (nSPS) is 20.2. The quantitative estimate of drug-likeness (QED) is 0.546. The summed E-state index contributed by atoms with van der Waals surface area (Å²) in [6, 6.07) is 9.85. The number of hydrogen-bond donors (Lipinski definition) is 1. The highest BCUT2D eigenvalue weighted by molar-refractivity contribution is 5.95. The second kappa shape index (κ2) is 9.12. The molecule has 7 nitrogen and oxygen atoms in total. The molecule has 0 saturated heterocycles. The van der Waals surface area contributed by atoms with Crippen LogP contribution in [-0.4, -0.2) is 31.9 Å². The predicted octanol–water partition coefficient (Wildman–Crippen LogP) is 5.37. The van der Waals surface area contributed by atoms with Crippen molar-refractivity contribution in [3.05, 3.63) is 47.5 Å². The summed E-state index contributed by atoms with van der Waals surface area (Å²) in [6.45, 7) is 13.0. The summed E-state index contributed by atoms with van der Waals surface area (Å²) in [5, 5.41) is 16.1. The minimum atomic E-state index is -0.0305. The van der Waals surface area contributed by atoms with Gasteiger partial charge in [-0.15, -0.1) is 10.2 Å². The molecule has 1 aliphatic rings. The average molecular weight is 450 g/mol. The fourth-order valence-electron chi connectivity index (χ4n) is 5.22. The Morgan fingerprint density at radius 1 is 1.24 bits per heavy atom. The van der Waals surface area contributed by atoms with Crippen LogP contribution in [0.25, 0.3) is 17.3 Å². The largest absolute Gasteiger partial charge is 0.420 e. The van der Waals surface area contributed by atoms with Gasteiger partial charge in [-0.25, -0.2) is 4.68 Å². The van der Waals surface area contributed by atoms with Crippen molar-refractivity contribution in [2.45, 2.75) is 73.3 Å². The zero-order valence-electron chi connectivity index (χ0n) is 20.6. The number of nitrogens with one attached hydrogen (secondary N) is 1. The summed E-state index contributed by atoms with van der Waals surface area (Å²) in [4.78, 5) is 13.1. The standard InChI is InChI=1S/C26H35N5O2/c1-16(2)10-22-13-23(25-29-28-18(4)33-25)30-31(22)21-9-7-8-19(12-21)24(32)27-20-11-17(3)14-26(5,6)15-20/h7-9,12-13,16-17,20H,10-11,14-15H2,1-6H3,(H,27,32)/t17-,20+/m1/s1. The topological polar surface area (TPSA) is 85.8 Å². The molecule has 33 heavy (non-hydrogen) atoms. The molecule has 1 fully saturated rings. The first kappa shape index (κ1) is 23.2. The Bertz CT molecular complexity index is 1130. The van der Waals surface area contributed by atoms with Crippen molar-refractivity contribution in [2.75, 3.05) is 0 Å². The lowest BCUT2D eigenvalue weighted by Crippen LogP contribution is -2.43. The maximum atomic E-state index is 13.1. The van der Waals surface area contributed by atoms with E-state index in [1.54, 1.807) is 6.92 Å². The van der Waals surface area contributed by atoms with Crippen molar-refractivity contribution in [2.24, 2.45) is 17.3 Å². The van der Waals surface area contributed by atoms with Crippen LogP contribution in [0.1, 0.15) is 75.8 Å². The average Bonchev–Trinajstić information content (AvgIpc) is 3.32. The molecule has 1 saturated carbocycles. The van der Waals surface area contributed by atoms with Crippen LogP contribution in [0.15, 0.2) is 34.7 Å². The van der Waals surface area contributed by atoms with Gasteiger partial charge in [-0.05, 0) is 67.2 Å². The number of amides is 1. The zero-order valence-corrected chi connectivity index (χ0v) is 20.6. The summed E-state index contributed by atoms with van der Waals surface area (Å²) >= 11 is 0. The van der Waals surface area contributed by atoms with Crippen molar-refractivity contribution in [1.82, 2.24) is 25.3 Å². The van der Waals surface area contributed by atoms with E-state index < -0.39 is 0 Å². The van der Waals surface area contributed by atoms with Crippen LogP contribution in [0.4, 0.5) is 0 Å². The molecule has 0 radical (unpaired) electrons. The van der Waals surface area contributed by atoms with E-state index in [2.05, 4.69) is 50.1 Å². The summed E-state index contributed by atoms with van der Waals surface area (Å²) in [7, 11) is 0. The maximum absolute atomic E-state index is 13.1. The van der Waals surface area contributed by atoms with Gasteiger partial charge in [0.15, 0.2) is 0 Å². The monoisotopic (exact) mass is 449 g/mol. The number of carbonyl (C=O) groups is 1. The Morgan fingerprint density at radius 3 is 2.70 bits per heavy atom. The predicted molar refractivity (Wildman–Crippen MR) is 128 cm³/mol. The van der Waals surface area contributed by atoms with Crippen molar-refractivity contribution in [3.8, 4) is 17.3 Å². The number of rotatable bonds is 6. The van der Waals surface area contributed by atoms with Gasteiger partial charge in [0, 0.05) is 24.2 Å². The minimum Gasteiger partial charge on any atom is -0.420 e. The van der Waals surface area contributed by atoms with Gasteiger partial charge < -0.3 is 9.73 Å². The lowest BCUT2D eigenvalue weighted by Gasteiger charge is -2.39. The summed E-state index contributed by atoms with van der Waals surface area (Å²) in [6.07, 6.45) is 4.08. The number of benzene rings is 1. The van der Waals surface area contributed by atoms with E-state index in [0.29, 0.717) is 34.9 Å². The van der Waals surface area contributed by atoms with Crippen LogP contribution in [-0.2, 0) is 6.42 Å². The molecule has 176 valence electrons. The third kappa shape index (κ3) is 5.52. The van der Waals surface area contributed by atoms with E-state index >= 15 is 0 Å². The van der Waals surface area contributed by atoms with Crippen molar-refractivity contribution >= 4 is 5.91 Å². The van der Waals surface area contributed by atoms with Crippen LogP contribution < -0.4 is 5.32 Å². The molecule has 1 aliphatic carbocycles. The number of aryl methyl sites for hydroxylation is 1. The second-order valence-corrected chi connectivity index (χ2v) is 10.8. The molecule has 0 unspecified atom stereocenters. The molecule has 1 N–H and O–H groups in total. The third-order valence-electron chi connectivity index (χ3n) is 6.22. The first-order chi connectivity index (χ1) is 15.6. The van der Waals surface area contributed by atoms with Gasteiger partial charge in [0.25, 0.3) is 11.8 Å². The maximum Gasteiger partial charge on any atom is 0.268 e. The van der Waals surface area contributed by atoms with E-state index in [-0.39, 0.29) is 17.4 Å². The van der Waals surface area contributed by atoms with Gasteiger partial charge >= 0.3 is 0 Å². The Labute approximate surface area is 196 Å². The van der Waals surface area contributed by atoms with Gasteiger partial charge in [-0.1, -0.05) is 40.7 Å². The summed E-state index contributed by atoms with van der Waals surface area (Å²) in [5.74, 6) is 1.93. The molecule has 3 aromatic rings. The first-order valence-electron chi connectivity index (χ1n) is 11.9. The van der Waals surface area contributed by atoms with E-state index in [4.69, 9.17) is 9.52 Å². The minimum absolute atomic E-state index is 0.0305. The van der Waals surface area contributed by atoms with Crippen LogP contribution in [0.3, 0.4) is 0 Å². The van der Waals surface area contributed by atoms with Gasteiger partial charge in [0.05, 0.1) is 5.69 Å². The molecule has 0 bridgehead atoms. The molecule has 1 aromatic carbocycles. The van der Waals surface area contributed by atoms with Crippen molar-refractivity contribution in [1.29, 1.82) is 0 Å². The Hall–Kier alpha value is -2.96. The number of hydrogen-bond acceptors (Lipinski definition) is 5. The molecule has 4 rings (SSSR count). The molecular weight excluding hydrogens is 414 g/mol. The Balaban J connectivity index is 1.60. The molecule has 0 aliphatic heterocycles. The van der Waals surface area contributed by atoms with Crippen molar-refractivity contribution in [3.63, 3.8) is 0 Å². The molecule has 1 amide bonds. The number of carbonyl (C=O) groups excluding carboxylic acids is 1. The Morgan fingerprint density at radius 2 is 2.03 bits per heavy atom. The lowest BCUT2D eigenvalue weighted by atomic mass is 9.70.